The molecule has 4 nitrogen and oxygen atoms in total. The smallest absolute Gasteiger partial charge is 0.223 e. The van der Waals surface area contributed by atoms with Gasteiger partial charge in [-0.05, 0) is 28.9 Å². The Morgan fingerprint density at radius 3 is 2.33 bits per heavy atom. The fourth-order valence-corrected chi connectivity index (χ4v) is 3.41. The maximum atomic E-state index is 12.8. The minimum absolute atomic E-state index is 0.157. The molecule has 0 spiro atoms. The molecule has 152 valence electrons. The third kappa shape index (κ3) is 7.63. The molecule has 1 amide bonds. The van der Waals surface area contributed by atoms with E-state index >= 15 is 0 Å². The molecule has 1 fully saturated rings. The molecule has 1 aromatic carbocycles. The summed E-state index contributed by atoms with van der Waals surface area (Å²) >= 11 is 0. The quantitative estimate of drug-likeness (QED) is 0.687. The molecule has 4 heteroatoms. The van der Waals surface area contributed by atoms with E-state index in [0.717, 1.165) is 45.8 Å². The van der Waals surface area contributed by atoms with E-state index in [-0.39, 0.29) is 11.3 Å². The highest BCUT2D eigenvalue weighted by Crippen LogP contribution is 2.22. The monoisotopic (exact) mass is 374 g/mol. The Labute approximate surface area is 165 Å². The van der Waals surface area contributed by atoms with Gasteiger partial charge < -0.3 is 9.64 Å². The Morgan fingerprint density at radius 2 is 1.78 bits per heavy atom. The van der Waals surface area contributed by atoms with Crippen LogP contribution in [0, 0.1) is 5.92 Å². The summed E-state index contributed by atoms with van der Waals surface area (Å²) in [7, 11) is 0. The lowest BCUT2D eigenvalue weighted by Gasteiger charge is -2.29. The van der Waals surface area contributed by atoms with Crippen LogP contribution in [0.5, 0.6) is 0 Å². The van der Waals surface area contributed by atoms with Crippen LogP contribution < -0.4 is 0 Å². The summed E-state index contributed by atoms with van der Waals surface area (Å²) < 4.78 is 5.42. The van der Waals surface area contributed by atoms with Crippen molar-refractivity contribution in [2.45, 2.75) is 59.4 Å². The van der Waals surface area contributed by atoms with Crippen molar-refractivity contribution >= 4 is 5.91 Å². The zero-order chi connectivity index (χ0) is 19.9. The second-order valence-corrected chi connectivity index (χ2v) is 9.17. The number of morpholine rings is 1. The van der Waals surface area contributed by atoms with Crippen molar-refractivity contribution in [2.24, 2.45) is 5.92 Å². The Morgan fingerprint density at radius 1 is 1.15 bits per heavy atom. The molecule has 1 aliphatic rings. The first kappa shape index (κ1) is 21.9. The van der Waals surface area contributed by atoms with Gasteiger partial charge in [0.2, 0.25) is 5.91 Å². The molecule has 0 saturated carbocycles. The van der Waals surface area contributed by atoms with E-state index in [9.17, 15) is 4.79 Å². The van der Waals surface area contributed by atoms with Crippen LogP contribution in [0.4, 0.5) is 0 Å². The largest absolute Gasteiger partial charge is 0.379 e. The minimum atomic E-state index is 0.157. The van der Waals surface area contributed by atoms with Crippen LogP contribution in [-0.2, 0) is 21.5 Å². The second-order valence-electron chi connectivity index (χ2n) is 9.17. The molecule has 27 heavy (non-hydrogen) atoms. The molecule has 0 N–H and O–H groups in total. The number of carbonyl (C=O) groups is 1. The van der Waals surface area contributed by atoms with Crippen molar-refractivity contribution in [3.8, 4) is 0 Å². The van der Waals surface area contributed by atoms with Crippen LogP contribution in [0.2, 0.25) is 0 Å². The maximum absolute atomic E-state index is 12.8. The van der Waals surface area contributed by atoms with Gasteiger partial charge in [-0.15, -0.1) is 0 Å². The van der Waals surface area contributed by atoms with E-state index in [1.165, 1.54) is 11.1 Å². The second kappa shape index (κ2) is 10.2. The summed E-state index contributed by atoms with van der Waals surface area (Å²) in [6.07, 6.45) is 1.64. The highest BCUT2D eigenvalue weighted by Gasteiger charge is 2.18. The van der Waals surface area contributed by atoms with Crippen molar-refractivity contribution in [3.05, 3.63) is 35.4 Å². The molecule has 0 atom stereocenters. The molecular formula is C23H38N2O2. The van der Waals surface area contributed by atoms with Gasteiger partial charge >= 0.3 is 0 Å². The minimum Gasteiger partial charge on any atom is -0.379 e. The van der Waals surface area contributed by atoms with Crippen molar-refractivity contribution in [3.63, 3.8) is 0 Å². The summed E-state index contributed by atoms with van der Waals surface area (Å²) in [5.74, 6) is 0.661. The summed E-state index contributed by atoms with van der Waals surface area (Å²) in [4.78, 5) is 17.2. The average Bonchev–Trinajstić information content (AvgIpc) is 2.61. The number of ether oxygens (including phenoxy) is 1. The van der Waals surface area contributed by atoms with Crippen molar-refractivity contribution in [1.29, 1.82) is 0 Å². The van der Waals surface area contributed by atoms with E-state index in [4.69, 9.17) is 4.74 Å². The molecule has 1 aromatic rings. The fraction of sp³-hybridized carbons (Fsp3) is 0.696. The first-order valence-electron chi connectivity index (χ1n) is 10.4. The molecule has 2 rings (SSSR count). The Balaban J connectivity index is 1.95. The van der Waals surface area contributed by atoms with E-state index < -0.39 is 0 Å². The Bertz CT molecular complexity index is 569. The molecule has 0 radical (unpaired) electrons. The lowest BCUT2D eigenvalue weighted by molar-refractivity contribution is -0.132. The highest BCUT2D eigenvalue weighted by molar-refractivity contribution is 5.76. The molecule has 0 aliphatic carbocycles. The van der Waals surface area contributed by atoms with Gasteiger partial charge in [-0.3, -0.25) is 9.69 Å². The molecule has 0 unspecified atom stereocenters. The van der Waals surface area contributed by atoms with Gasteiger partial charge in [0.15, 0.2) is 0 Å². The van der Waals surface area contributed by atoms with Crippen molar-refractivity contribution in [1.82, 2.24) is 9.80 Å². The predicted octanol–water partition coefficient (Wildman–Crippen LogP) is 4.08. The van der Waals surface area contributed by atoms with Gasteiger partial charge in [0, 0.05) is 39.1 Å². The van der Waals surface area contributed by atoms with Gasteiger partial charge in [-0.2, -0.15) is 0 Å². The van der Waals surface area contributed by atoms with Gasteiger partial charge in [0.1, 0.15) is 0 Å². The van der Waals surface area contributed by atoms with Crippen LogP contribution in [0.15, 0.2) is 24.3 Å². The molecule has 0 aromatic heterocycles. The zero-order valence-electron chi connectivity index (χ0n) is 18.0. The van der Waals surface area contributed by atoms with Crippen molar-refractivity contribution in [2.75, 3.05) is 39.4 Å². The molecule has 1 saturated heterocycles. The van der Waals surface area contributed by atoms with Gasteiger partial charge in [0.25, 0.3) is 0 Å². The number of carbonyl (C=O) groups excluding carboxylic acids is 1. The van der Waals surface area contributed by atoms with E-state index in [1.807, 2.05) is 4.90 Å². The number of hydrogen-bond acceptors (Lipinski definition) is 3. The number of amides is 1. The molecule has 1 aliphatic heterocycles. The normalized spacial score (nSPS) is 15.9. The van der Waals surface area contributed by atoms with Gasteiger partial charge in [-0.25, -0.2) is 0 Å². The Hall–Kier alpha value is -1.39. The molecule has 0 bridgehead atoms. The van der Waals surface area contributed by atoms with Crippen molar-refractivity contribution < 1.29 is 9.53 Å². The number of benzene rings is 1. The first-order valence-corrected chi connectivity index (χ1v) is 10.4. The lowest BCUT2D eigenvalue weighted by atomic mass is 9.87. The zero-order valence-corrected chi connectivity index (χ0v) is 18.0. The van der Waals surface area contributed by atoms with Crippen LogP contribution in [0.25, 0.3) is 0 Å². The highest BCUT2D eigenvalue weighted by atomic mass is 16.5. The summed E-state index contributed by atoms with van der Waals surface area (Å²) in [5.41, 5.74) is 2.70. The van der Waals surface area contributed by atoms with Gasteiger partial charge in [0.05, 0.1) is 13.2 Å². The van der Waals surface area contributed by atoms with E-state index in [1.54, 1.807) is 0 Å². The predicted molar refractivity (Wildman–Crippen MR) is 112 cm³/mol. The Kier molecular flexibility index (Phi) is 8.30. The van der Waals surface area contributed by atoms with Gasteiger partial charge in [-0.1, -0.05) is 58.9 Å². The summed E-state index contributed by atoms with van der Waals surface area (Å²) in [6, 6.07) is 8.76. The summed E-state index contributed by atoms with van der Waals surface area (Å²) in [6.45, 7) is 17.2. The average molecular weight is 375 g/mol. The topological polar surface area (TPSA) is 32.8 Å². The van der Waals surface area contributed by atoms with Crippen LogP contribution in [-0.4, -0.2) is 55.1 Å². The lowest BCUT2D eigenvalue weighted by Crippen LogP contribution is -2.39. The standard InChI is InChI=1S/C23H38N2O2/c1-19(2)17-22(26)25(12-6-11-24-13-15-27-16-14-24)18-20-7-9-21(10-8-20)23(3,4)5/h7-10,19H,6,11-18H2,1-5H3. The van der Waals surface area contributed by atoms with Crippen LogP contribution >= 0.6 is 0 Å². The number of nitrogens with zero attached hydrogens (tertiary/aromatic N) is 2. The fourth-order valence-electron chi connectivity index (χ4n) is 3.41. The number of rotatable bonds is 8. The van der Waals surface area contributed by atoms with E-state index in [0.29, 0.717) is 18.9 Å². The first-order chi connectivity index (χ1) is 12.8. The van der Waals surface area contributed by atoms with Crippen LogP contribution in [0.3, 0.4) is 0 Å². The van der Waals surface area contributed by atoms with Crippen LogP contribution in [0.1, 0.15) is 58.6 Å². The van der Waals surface area contributed by atoms with E-state index in [2.05, 4.69) is 63.8 Å². The molecule has 1 heterocycles. The SMILES string of the molecule is CC(C)CC(=O)N(CCCN1CCOCC1)Cc1ccc(C(C)(C)C)cc1. The molecular weight excluding hydrogens is 336 g/mol. The third-order valence-corrected chi connectivity index (χ3v) is 5.14. The number of hydrogen-bond donors (Lipinski definition) is 0. The third-order valence-electron chi connectivity index (χ3n) is 5.14. The maximum Gasteiger partial charge on any atom is 0.223 e. The summed E-state index contributed by atoms with van der Waals surface area (Å²) in [5, 5.41) is 0.